The topological polar surface area (TPSA) is 61.4 Å². The van der Waals surface area contributed by atoms with Gasteiger partial charge in [-0.1, -0.05) is 6.92 Å². The number of amides is 1. The van der Waals surface area contributed by atoms with E-state index in [0.717, 1.165) is 6.42 Å². The van der Waals surface area contributed by atoms with E-state index in [1.807, 2.05) is 27.7 Å². The first-order valence-corrected chi connectivity index (χ1v) is 5.53. The van der Waals surface area contributed by atoms with Crippen LogP contribution in [0.1, 0.15) is 41.0 Å². The van der Waals surface area contributed by atoms with Crippen LogP contribution in [0.3, 0.4) is 0 Å². The van der Waals surface area contributed by atoms with Crippen LogP contribution < -0.4 is 10.6 Å². The smallest absolute Gasteiger partial charge is 0.237 e. The summed E-state index contributed by atoms with van der Waals surface area (Å²) in [5, 5.41) is 15.2. The van der Waals surface area contributed by atoms with Gasteiger partial charge in [0.05, 0.1) is 12.6 Å². The number of carbonyl (C=O) groups excluding carboxylic acids is 1. The average molecular weight is 216 g/mol. The van der Waals surface area contributed by atoms with Gasteiger partial charge in [0.25, 0.3) is 0 Å². The van der Waals surface area contributed by atoms with E-state index in [-0.39, 0.29) is 30.1 Å². The Labute approximate surface area is 92.4 Å². The van der Waals surface area contributed by atoms with Gasteiger partial charge in [-0.2, -0.15) is 0 Å². The highest BCUT2D eigenvalue weighted by molar-refractivity contribution is 5.81. The summed E-state index contributed by atoms with van der Waals surface area (Å²) in [5.74, 6) is -0.0295. The molecule has 15 heavy (non-hydrogen) atoms. The van der Waals surface area contributed by atoms with Gasteiger partial charge in [0.15, 0.2) is 0 Å². The Kier molecular flexibility index (Phi) is 5.83. The molecule has 2 unspecified atom stereocenters. The number of hydrogen-bond acceptors (Lipinski definition) is 3. The minimum absolute atomic E-state index is 0.0295. The van der Waals surface area contributed by atoms with Gasteiger partial charge in [0.1, 0.15) is 0 Å². The summed E-state index contributed by atoms with van der Waals surface area (Å²) in [6.45, 7) is 9.58. The third-order valence-corrected chi connectivity index (χ3v) is 2.52. The zero-order chi connectivity index (χ0) is 12.1. The molecule has 0 aromatic carbocycles. The molecule has 0 saturated carbocycles. The summed E-state index contributed by atoms with van der Waals surface area (Å²) < 4.78 is 0. The first kappa shape index (κ1) is 14.4. The number of nitrogens with one attached hydrogen (secondary N) is 2. The van der Waals surface area contributed by atoms with E-state index in [0.29, 0.717) is 0 Å². The van der Waals surface area contributed by atoms with Crippen molar-refractivity contribution in [3.63, 3.8) is 0 Å². The lowest BCUT2D eigenvalue weighted by molar-refractivity contribution is -0.123. The Balaban J connectivity index is 4.22. The maximum absolute atomic E-state index is 11.6. The first-order chi connectivity index (χ1) is 6.84. The molecule has 3 N–H and O–H groups in total. The molecule has 0 saturated heterocycles. The molecular formula is C11H24N2O2. The van der Waals surface area contributed by atoms with Crippen molar-refractivity contribution < 1.29 is 9.90 Å². The fraction of sp³-hybridized carbons (Fsp3) is 0.909. The zero-order valence-corrected chi connectivity index (χ0v) is 10.4. The minimum atomic E-state index is -0.381. The number of aliphatic hydroxyl groups is 1. The predicted molar refractivity (Wildman–Crippen MR) is 61.7 cm³/mol. The van der Waals surface area contributed by atoms with Gasteiger partial charge < -0.3 is 10.4 Å². The molecule has 0 aliphatic rings. The Hall–Kier alpha value is -0.610. The van der Waals surface area contributed by atoms with E-state index in [1.54, 1.807) is 6.92 Å². The molecule has 0 aromatic heterocycles. The molecule has 0 aliphatic heterocycles. The van der Waals surface area contributed by atoms with Crippen LogP contribution in [0.2, 0.25) is 0 Å². The van der Waals surface area contributed by atoms with Gasteiger partial charge in [-0.25, -0.2) is 0 Å². The molecule has 0 bridgehead atoms. The van der Waals surface area contributed by atoms with E-state index in [2.05, 4.69) is 10.6 Å². The van der Waals surface area contributed by atoms with E-state index >= 15 is 0 Å². The van der Waals surface area contributed by atoms with Gasteiger partial charge in [-0.3, -0.25) is 10.1 Å². The molecule has 0 spiro atoms. The molecule has 0 aromatic rings. The Bertz CT molecular complexity index is 201. The molecule has 4 nitrogen and oxygen atoms in total. The minimum Gasteiger partial charge on any atom is -0.394 e. The van der Waals surface area contributed by atoms with Crippen LogP contribution in [0, 0.1) is 0 Å². The molecule has 90 valence electrons. The summed E-state index contributed by atoms with van der Waals surface area (Å²) >= 11 is 0. The monoisotopic (exact) mass is 216 g/mol. The number of rotatable bonds is 6. The van der Waals surface area contributed by atoms with Crippen molar-refractivity contribution in [2.75, 3.05) is 6.61 Å². The van der Waals surface area contributed by atoms with Crippen molar-refractivity contribution in [1.82, 2.24) is 10.6 Å². The van der Waals surface area contributed by atoms with Crippen LogP contribution in [-0.4, -0.2) is 35.2 Å². The molecule has 1 amide bonds. The summed E-state index contributed by atoms with van der Waals surface area (Å²) in [4.78, 5) is 11.6. The molecule has 2 atom stereocenters. The lowest BCUT2D eigenvalue weighted by Crippen LogP contribution is -2.55. The van der Waals surface area contributed by atoms with Gasteiger partial charge in [-0.05, 0) is 34.1 Å². The van der Waals surface area contributed by atoms with Gasteiger partial charge in [0, 0.05) is 11.6 Å². The summed E-state index contributed by atoms with van der Waals surface area (Å²) in [6, 6.07) is -0.145. The number of carbonyl (C=O) groups is 1. The van der Waals surface area contributed by atoms with E-state index in [4.69, 9.17) is 0 Å². The highest BCUT2D eigenvalue weighted by Gasteiger charge is 2.25. The van der Waals surface area contributed by atoms with Crippen LogP contribution in [0.25, 0.3) is 0 Å². The fourth-order valence-electron chi connectivity index (χ4n) is 1.26. The van der Waals surface area contributed by atoms with Crippen molar-refractivity contribution >= 4 is 5.91 Å². The lowest BCUT2D eigenvalue weighted by Gasteiger charge is -2.31. The summed E-state index contributed by atoms with van der Waals surface area (Å²) in [6.07, 6.45) is 0.781. The Morgan fingerprint density at radius 3 is 2.27 bits per heavy atom. The number of hydrogen-bond donors (Lipinski definition) is 3. The number of aliphatic hydroxyl groups excluding tert-OH is 1. The van der Waals surface area contributed by atoms with E-state index < -0.39 is 0 Å². The summed E-state index contributed by atoms with van der Waals surface area (Å²) in [5.41, 5.74) is -0.381. The van der Waals surface area contributed by atoms with Crippen molar-refractivity contribution in [2.45, 2.75) is 58.7 Å². The van der Waals surface area contributed by atoms with Crippen LogP contribution in [0.4, 0.5) is 0 Å². The maximum Gasteiger partial charge on any atom is 0.237 e. The third-order valence-electron chi connectivity index (χ3n) is 2.52. The largest absolute Gasteiger partial charge is 0.394 e. The molecule has 4 heteroatoms. The first-order valence-electron chi connectivity index (χ1n) is 5.53. The second kappa shape index (κ2) is 6.08. The van der Waals surface area contributed by atoms with Gasteiger partial charge >= 0.3 is 0 Å². The molecule has 0 rings (SSSR count). The van der Waals surface area contributed by atoms with Crippen molar-refractivity contribution in [3.8, 4) is 0 Å². The average Bonchev–Trinajstić information content (AvgIpc) is 2.16. The normalized spacial score (nSPS) is 17.3. The van der Waals surface area contributed by atoms with Crippen molar-refractivity contribution in [2.24, 2.45) is 0 Å². The van der Waals surface area contributed by atoms with E-state index in [1.165, 1.54) is 0 Å². The molecule has 0 heterocycles. The second-order valence-corrected chi connectivity index (χ2v) is 4.60. The zero-order valence-electron chi connectivity index (χ0n) is 10.4. The predicted octanol–water partition coefficient (Wildman–Crippen LogP) is 0.650. The SMILES string of the molecule is CCC(C)(CO)NC(C)C(=O)NC(C)C. The molecular weight excluding hydrogens is 192 g/mol. The second-order valence-electron chi connectivity index (χ2n) is 4.60. The quantitative estimate of drug-likeness (QED) is 0.611. The Morgan fingerprint density at radius 2 is 1.93 bits per heavy atom. The third kappa shape index (κ3) is 5.14. The maximum atomic E-state index is 11.6. The highest BCUT2D eigenvalue weighted by Crippen LogP contribution is 2.08. The van der Waals surface area contributed by atoms with E-state index in [9.17, 15) is 9.90 Å². The molecule has 0 radical (unpaired) electrons. The van der Waals surface area contributed by atoms with Gasteiger partial charge in [-0.15, -0.1) is 0 Å². The van der Waals surface area contributed by atoms with Gasteiger partial charge in [0.2, 0.25) is 5.91 Å². The van der Waals surface area contributed by atoms with Crippen LogP contribution in [-0.2, 0) is 4.79 Å². The Morgan fingerprint density at radius 1 is 1.40 bits per heavy atom. The van der Waals surface area contributed by atoms with Crippen LogP contribution >= 0.6 is 0 Å². The van der Waals surface area contributed by atoms with Crippen LogP contribution in [0.5, 0.6) is 0 Å². The summed E-state index contributed by atoms with van der Waals surface area (Å²) in [7, 11) is 0. The fourth-order valence-corrected chi connectivity index (χ4v) is 1.26. The van der Waals surface area contributed by atoms with Crippen LogP contribution in [0.15, 0.2) is 0 Å². The molecule has 0 aliphatic carbocycles. The molecule has 0 fully saturated rings. The van der Waals surface area contributed by atoms with Crippen molar-refractivity contribution in [3.05, 3.63) is 0 Å². The lowest BCUT2D eigenvalue weighted by atomic mass is 9.99. The van der Waals surface area contributed by atoms with Crippen molar-refractivity contribution in [1.29, 1.82) is 0 Å². The highest BCUT2D eigenvalue weighted by atomic mass is 16.3. The standard InChI is InChI=1S/C11H24N2O2/c1-6-11(5,7-14)13-9(4)10(15)12-8(2)3/h8-9,13-14H,6-7H2,1-5H3,(H,12,15).